The Hall–Kier alpha value is -2.86. The second-order valence-electron chi connectivity index (χ2n) is 16.6. The Morgan fingerprint density at radius 3 is 1.96 bits per heavy atom. The number of alkyl halides is 6. The number of benzene rings is 1. The van der Waals surface area contributed by atoms with E-state index in [0.29, 0.717) is 42.5 Å². The Kier molecular flexibility index (Phi) is 10.2. The number of aliphatic carboxylic acids is 1. The van der Waals surface area contributed by atoms with Gasteiger partial charge in [-0.2, -0.15) is 26.3 Å². The van der Waals surface area contributed by atoms with Crippen LogP contribution >= 0.6 is 0 Å². The van der Waals surface area contributed by atoms with Crippen LogP contribution in [0.3, 0.4) is 0 Å². The molecule has 12 heteroatoms. The summed E-state index contributed by atoms with van der Waals surface area (Å²) < 4.78 is 88.4. The van der Waals surface area contributed by atoms with Crippen LogP contribution in [0.15, 0.2) is 34.9 Å². The van der Waals surface area contributed by atoms with E-state index in [1.54, 1.807) is 13.8 Å². The largest absolute Gasteiger partial charge is 0.478 e. The molecule has 0 aromatic heterocycles. The van der Waals surface area contributed by atoms with Crippen LogP contribution in [-0.4, -0.2) is 45.6 Å². The molecule has 0 heterocycles. The van der Waals surface area contributed by atoms with Crippen LogP contribution in [0.2, 0.25) is 0 Å². The number of carboxylic acids is 1. The van der Waals surface area contributed by atoms with Crippen molar-refractivity contribution >= 4 is 17.5 Å². The van der Waals surface area contributed by atoms with Gasteiger partial charge in [0.1, 0.15) is 6.10 Å². The lowest BCUT2D eigenvalue weighted by atomic mass is 9.36. The molecule has 0 saturated heterocycles. The molecule has 1 aromatic carbocycles. The molecule has 3 N–H and O–H groups in total. The zero-order valence-corrected chi connectivity index (χ0v) is 30.3. The van der Waals surface area contributed by atoms with Crippen molar-refractivity contribution in [1.82, 2.24) is 0 Å². The van der Waals surface area contributed by atoms with Crippen LogP contribution < -0.4 is 0 Å². The van der Waals surface area contributed by atoms with Gasteiger partial charge in [0.25, 0.3) is 0 Å². The maximum Gasteiger partial charge on any atom is 0.416 e. The van der Waals surface area contributed by atoms with E-state index >= 15 is 0 Å². The lowest BCUT2D eigenvalue weighted by Crippen LogP contribution is -2.65. The summed E-state index contributed by atoms with van der Waals surface area (Å²) in [5, 5.41) is 33.5. The van der Waals surface area contributed by atoms with Crippen molar-refractivity contribution in [3.63, 3.8) is 0 Å². The van der Waals surface area contributed by atoms with E-state index < -0.39 is 70.5 Å². The summed E-state index contributed by atoms with van der Waals surface area (Å²) in [6.45, 7) is 12.8. The molecule has 0 amide bonds. The Labute approximate surface area is 295 Å². The highest BCUT2D eigenvalue weighted by molar-refractivity contribution is 5.89. The van der Waals surface area contributed by atoms with Crippen molar-refractivity contribution in [2.45, 2.75) is 130 Å². The number of carbonyl (C=O) groups is 2. The molecule has 5 rings (SSSR count). The van der Waals surface area contributed by atoms with Crippen molar-refractivity contribution in [3.05, 3.63) is 51.6 Å². The molecule has 10 atom stereocenters. The number of hydrogen-bond acceptors (Lipinski definition) is 5. The third-order valence-electron chi connectivity index (χ3n) is 13.8. The quantitative estimate of drug-likeness (QED) is 0.153. The second-order valence-corrected chi connectivity index (χ2v) is 16.6. The molecule has 1 aromatic rings. The molecule has 0 spiro atoms. The number of allylic oxidation sites excluding steroid dienone is 2. The van der Waals surface area contributed by atoms with Crippen LogP contribution in [0.25, 0.3) is 5.57 Å². The van der Waals surface area contributed by atoms with Gasteiger partial charge < -0.3 is 20.1 Å². The molecule has 0 aliphatic heterocycles. The summed E-state index contributed by atoms with van der Waals surface area (Å²) in [4.78, 5) is 25.6. The van der Waals surface area contributed by atoms with Gasteiger partial charge in [0.05, 0.1) is 23.3 Å². The SMILES string of the molecule is CC(=O)O[C@H]1C[C@@]2(C)[C@H](C[C@@H](O)[C@@H]3[C@@]4(C)CC[C@@H](O)[C@@H](C)C4CC[C@@]32C)C1=C(CCC(=C(C)C)c1cc(C(F)(F)F)cc(C(F)(F)F)c1)C(=O)O. The fourth-order valence-electron chi connectivity index (χ4n) is 11.3. The Morgan fingerprint density at radius 1 is 0.863 bits per heavy atom. The van der Waals surface area contributed by atoms with Gasteiger partial charge in [-0.3, -0.25) is 4.79 Å². The maximum atomic E-state index is 13.8. The number of rotatable bonds is 6. The number of ether oxygens (including phenoxy) is 1. The van der Waals surface area contributed by atoms with Crippen molar-refractivity contribution in [1.29, 1.82) is 0 Å². The zero-order valence-electron chi connectivity index (χ0n) is 30.3. The molecule has 4 aliphatic carbocycles. The lowest BCUT2D eigenvalue weighted by molar-refractivity contribution is -0.234. The van der Waals surface area contributed by atoms with E-state index in [9.17, 15) is 51.3 Å². The number of carbonyl (C=O) groups excluding carboxylic acids is 1. The predicted molar refractivity (Wildman–Crippen MR) is 178 cm³/mol. The van der Waals surface area contributed by atoms with Crippen LogP contribution in [0.1, 0.15) is 117 Å². The normalized spacial score (nSPS) is 37.5. The highest BCUT2D eigenvalue weighted by atomic mass is 19.4. The van der Waals surface area contributed by atoms with Crippen LogP contribution in [0, 0.1) is 39.9 Å². The monoisotopic (exact) mass is 728 g/mol. The number of halogens is 6. The first-order chi connectivity index (χ1) is 23.4. The predicted octanol–water partition coefficient (Wildman–Crippen LogP) is 9.23. The molecule has 1 unspecified atom stereocenters. The van der Waals surface area contributed by atoms with Crippen molar-refractivity contribution in [2.24, 2.45) is 39.9 Å². The molecular formula is C39H50F6O6. The fraction of sp³-hybridized carbons (Fsp3) is 0.692. The number of fused-ring (bicyclic) bond motifs is 5. The van der Waals surface area contributed by atoms with E-state index in [4.69, 9.17) is 4.74 Å². The highest BCUT2D eigenvalue weighted by Gasteiger charge is 2.71. The number of aliphatic hydroxyl groups is 2. The van der Waals surface area contributed by atoms with Gasteiger partial charge in [-0.15, -0.1) is 0 Å². The van der Waals surface area contributed by atoms with Crippen molar-refractivity contribution < 1.29 is 56.0 Å². The summed E-state index contributed by atoms with van der Waals surface area (Å²) in [5.74, 6) is -2.41. The highest BCUT2D eigenvalue weighted by Crippen LogP contribution is 2.74. The number of aliphatic hydroxyl groups excluding tert-OH is 2. The lowest BCUT2D eigenvalue weighted by Gasteiger charge is -2.69. The van der Waals surface area contributed by atoms with Gasteiger partial charge in [-0.05, 0) is 140 Å². The number of carboxylic acid groups (broad SMARTS) is 1. The molecule has 284 valence electrons. The van der Waals surface area contributed by atoms with Crippen LogP contribution in [0.5, 0.6) is 0 Å². The van der Waals surface area contributed by atoms with Crippen molar-refractivity contribution in [3.8, 4) is 0 Å². The Bertz CT molecular complexity index is 1590. The van der Waals surface area contributed by atoms with Gasteiger partial charge >= 0.3 is 24.3 Å². The molecule has 4 saturated carbocycles. The Morgan fingerprint density at radius 2 is 1.45 bits per heavy atom. The third kappa shape index (κ3) is 6.65. The summed E-state index contributed by atoms with van der Waals surface area (Å²) in [6, 6.07) is 1.37. The number of esters is 1. The molecule has 4 aliphatic rings. The molecule has 6 nitrogen and oxygen atoms in total. The van der Waals surface area contributed by atoms with Gasteiger partial charge in [0.2, 0.25) is 0 Å². The van der Waals surface area contributed by atoms with E-state index in [2.05, 4.69) is 27.7 Å². The van der Waals surface area contributed by atoms with E-state index in [0.717, 1.165) is 12.8 Å². The average Bonchev–Trinajstić information content (AvgIpc) is 3.26. The van der Waals surface area contributed by atoms with Gasteiger partial charge in [-0.1, -0.05) is 33.3 Å². The Balaban J connectivity index is 1.59. The summed E-state index contributed by atoms with van der Waals surface area (Å²) in [6.07, 6.45) is -9.37. The second kappa shape index (κ2) is 13.2. The van der Waals surface area contributed by atoms with Crippen LogP contribution in [0.4, 0.5) is 26.3 Å². The summed E-state index contributed by atoms with van der Waals surface area (Å²) in [7, 11) is 0. The van der Waals surface area contributed by atoms with E-state index in [-0.39, 0.29) is 65.2 Å². The minimum Gasteiger partial charge on any atom is -0.478 e. The first-order valence-electron chi connectivity index (χ1n) is 17.8. The zero-order chi connectivity index (χ0) is 38.2. The minimum absolute atomic E-state index is 0.0470. The van der Waals surface area contributed by atoms with Gasteiger partial charge in [0.15, 0.2) is 0 Å². The summed E-state index contributed by atoms with van der Waals surface area (Å²) >= 11 is 0. The van der Waals surface area contributed by atoms with Crippen molar-refractivity contribution in [2.75, 3.05) is 0 Å². The topological polar surface area (TPSA) is 104 Å². The average molecular weight is 729 g/mol. The maximum absolute atomic E-state index is 13.8. The van der Waals surface area contributed by atoms with Gasteiger partial charge in [-0.25, -0.2) is 4.79 Å². The molecular weight excluding hydrogens is 678 g/mol. The molecule has 51 heavy (non-hydrogen) atoms. The van der Waals surface area contributed by atoms with E-state index in [1.807, 2.05) is 0 Å². The van der Waals surface area contributed by atoms with Crippen LogP contribution in [-0.2, 0) is 26.7 Å². The molecule has 4 fully saturated rings. The first kappa shape index (κ1) is 39.3. The standard InChI is InChI=1S/C39H50F6O6/c1-19(2)25(22-14-23(38(40,41)42)16-24(15-22)39(43,44)45)8-9-26(34(49)50)32-28-17-30(48)33-35(5)12-11-29(47)20(3)27(35)10-13-36(33,6)37(28,7)18-31(32)51-21(4)46/h14-16,20,27-31,33,47-48H,8-13,17-18H2,1-7H3,(H,49,50)/t20-,27?,28+,29+,30+,31-,33+,35-,36-,37-/m0/s1. The third-order valence-corrected chi connectivity index (χ3v) is 13.8. The summed E-state index contributed by atoms with van der Waals surface area (Å²) in [5.41, 5.74) is -3.85. The van der Waals surface area contributed by atoms with Gasteiger partial charge in [0, 0.05) is 12.5 Å². The smallest absolute Gasteiger partial charge is 0.416 e. The number of hydrogen-bond donors (Lipinski definition) is 3. The molecule has 0 bridgehead atoms. The minimum atomic E-state index is -5.05. The molecule has 0 radical (unpaired) electrons. The fourth-order valence-corrected chi connectivity index (χ4v) is 11.3. The first-order valence-corrected chi connectivity index (χ1v) is 17.8. The van der Waals surface area contributed by atoms with E-state index in [1.165, 1.54) is 6.92 Å².